The number of hydrogen-bond acceptors (Lipinski definition) is 1. The van der Waals surface area contributed by atoms with Crippen molar-refractivity contribution in [2.45, 2.75) is 13.2 Å². The Morgan fingerprint density at radius 2 is 2.71 bits per heavy atom. The van der Waals surface area contributed by atoms with Crippen LogP contribution in [-0.4, -0.2) is 13.6 Å². The van der Waals surface area contributed by atoms with Crippen molar-refractivity contribution in [3.8, 4) is 0 Å². The van der Waals surface area contributed by atoms with E-state index >= 15 is 0 Å². The predicted octanol–water partition coefficient (Wildman–Crippen LogP) is 1.25. The van der Waals surface area contributed by atoms with Gasteiger partial charge in [-0.1, -0.05) is 0 Å². The molecule has 0 fully saturated rings. The van der Waals surface area contributed by atoms with E-state index < -0.39 is 0 Å². The molecule has 2 heteroatoms. The zero-order chi connectivity index (χ0) is 5.11. The zero-order valence-electron chi connectivity index (χ0n) is 4.52. The van der Waals surface area contributed by atoms with E-state index in [2.05, 4.69) is 17.9 Å². The molecule has 0 saturated carbocycles. The van der Waals surface area contributed by atoms with Gasteiger partial charge in [0.1, 0.15) is 0 Å². The molecule has 0 aromatic carbocycles. The van der Waals surface area contributed by atoms with Crippen LogP contribution in [0.4, 0.5) is 0 Å². The Morgan fingerprint density at radius 1 is 1.86 bits per heavy atom. The molecule has 36 valence electrons. The van der Waals surface area contributed by atoms with Crippen molar-refractivity contribution in [2.24, 2.45) is 4.90 Å². The Labute approximate surface area is 44.4 Å². The van der Waals surface area contributed by atoms with E-state index in [9.17, 15) is 0 Å². The molecule has 0 radical (unpaired) electrons. The number of nitrogens with zero attached hydrogens (tertiary/aromatic N) is 1. The molecule has 7 heavy (non-hydrogen) atoms. The van der Waals surface area contributed by atoms with E-state index in [1.165, 1.54) is 5.57 Å². The van der Waals surface area contributed by atoms with Gasteiger partial charge in [-0.2, -0.15) is 0 Å². The third kappa shape index (κ3) is 1.26. The molecular weight excluding hydrogens is 84.9 g/mol. The molecule has 1 nitrogen and oxygen atoms in total. The summed E-state index contributed by atoms with van der Waals surface area (Å²) in [5.74, 6) is 0. The molecule has 0 aromatic heterocycles. The second-order valence-corrected chi connectivity index (χ2v) is 1.81. The Bertz CT molecular complexity index is 115. The average Bonchev–Trinajstić information content (AvgIpc) is 1.69. The molecule has 1 aliphatic rings. The first-order valence-corrected chi connectivity index (χ1v) is 2.53. The maximum absolute atomic E-state index is 4.06. The third-order valence-corrected chi connectivity index (χ3v) is 1.04. The van der Waals surface area contributed by atoms with Gasteiger partial charge in [-0.15, -0.1) is 0 Å². The Morgan fingerprint density at radius 3 is 3.00 bits per heavy atom. The Balaban J connectivity index is 2.50. The minimum atomic E-state index is 0.917. The van der Waals surface area contributed by atoms with Gasteiger partial charge in [0, 0.05) is 0 Å². The minimum absolute atomic E-state index is 0.917. The van der Waals surface area contributed by atoms with Crippen LogP contribution in [0.2, 0.25) is 6.32 Å². The summed E-state index contributed by atoms with van der Waals surface area (Å²) in [6.45, 7) is 3.02. The van der Waals surface area contributed by atoms with Crippen LogP contribution in [0.1, 0.15) is 6.92 Å². The summed E-state index contributed by atoms with van der Waals surface area (Å²) in [6.07, 6.45) is 3.23. The van der Waals surface area contributed by atoms with Crippen molar-refractivity contribution < 1.29 is 0 Å². The first-order chi connectivity index (χ1) is 3.39. The monoisotopic (exact) mass is 93.1 g/mol. The quantitative estimate of drug-likeness (QED) is 0.315. The molecule has 0 N–H and O–H groups in total. The summed E-state index contributed by atoms with van der Waals surface area (Å²) in [4.78, 5) is 4.06. The summed E-state index contributed by atoms with van der Waals surface area (Å²) < 4.78 is 0. The van der Waals surface area contributed by atoms with Crippen LogP contribution in [0.15, 0.2) is 16.5 Å². The van der Waals surface area contributed by atoms with Crippen molar-refractivity contribution in [1.82, 2.24) is 0 Å². The topological polar surface area (TPSA) is 12.4 Å². The summed E-state index contributed by atoms with van der Waals surface area (Å²) >= 11 is 0. The molecule has 1 rings (SSSR count). The molecule has 1 aliphatic heterocycles. The molecule has 0 amide bonds. The van der Waals surface area contributed by atoms with E-state index in [-0.39, 0.29) is 0 Å². The number of hydrogen-bond donors (Lipinski definition) is 0. The average molecular weight is 92.9 g/mol. The molecule has 0 atom stereocenters. The van der Waals surface area contributed by atoms with Gasteiger partial charge in [0.15, 0.2) is 0 Å². The predicted molar refractivity (Wildman–Crippen MR) is 31.6 cm³/mol. The summed E-state index contributed by atoms with van der Waals surface area (Å²) in [5.41, 5.74) is 1.39. The third-order valence-electron chi connectivity index (χ3n) is 1.04. The van der Waals surface area contributed by atoms with Gasteiger partial charge >= 0.3 is 43.4 Å². The second kappa shape index (κ2) is 2.06. The van der Waals surface area contributed by atoms with Gasteiger partial charge in [0.2, 0.25) is 0 Å². The molecule has 0 spiro atoms. The zero-order valence-corrected chi connectivity index (χ0v) is 4.52. The SMILES string of the molecule is CC1=CCB=NC1. The van der Waals surface area contributed by atoms with Gasteiger partial charge in [-0.25, -0.2) is 0 Å². The summed E-state index contributed by atoms with van der Waals surface area (Å²) in [6, 6.07) is 0. The second-order valence-electron chi connectivity index (χ2n) is 1.81. The summed E-state index contributed by atoms with van der Waals surface area (Å²) in [5, 5.41) is 0. The first kappa shape index (κ1) is 4.76. The van der Waals surface area contributed by atoms with Crippen molar-refractivity contribution in [2.75, 3.05) is 6.54 Å². The fraction of sp³-hybridized carbons (Fsp3) is 0.600. The van der Waals surface area contributed by atoms with Gasteiger partial charge in [0.05, 0.1) is 0 Å². The Kier molecular flexibility index (Phi) is 1.40. The van der Waals surface area contributed by atoms with E-state index in [0.717, 1.165) is 12.9 Å². The normalized spacial score (nSPS) is 18.1. The van der Waals surface area contributed by atoms with Crippen LogP contribution >= 0.6 is 0 Å². The molecule has 1 heterocycles. The van der Waals surface area contributed by atoms with Gasteiger partial charge in [-0.3, -0.25) is 0 Å². The standard InChI is InChI=1S/C5H8BN/c1-5-2-3-6-7-4-5/h2H,3-4H2,1H3. The van der Waals surface area contributed by atoms with Crippen LogP contribution < -0.4 is 0 Å². The van der Waals surface area contributed by atoms with Crippen molar-refractivity contribution >= 4 is 7.07 Å². The van der Waals surface area contributed by atoms with Crippen LogP contribution in [-0.2, 0) is 0 Å². The van der Waals surface area contributed by atoms with E-state index in [0.29, 0.717) is 0 Å². The van der Waals surface area contributed by atoms with E-state index in [1.807, 2.05) is 7.07 Å². The van der Waals surface area contributed by atoms with Crippen LogP contribution in [0.5, 0.6) is 0 Å². The fourth-order valence-corrected chi connectivity index (χ4v) is 0.602. The van der Waals surface area contributed by atoms with Crippen LogP contribution in [0.3, 0.4) is 0 Å². The van der Waals surface area contributed by atoms with E-state index in [1.54, 1.807) is 0 Å². The molecule has 0 bridgehead atoms. The molecule has 0 aliphatic carbocycles. The van der Waals surface area contributed by atoms with Crippen molar-refractivity contribution in [3.63, 3.8) is 0 Å². The fourth-order valence-electron chi connectivity index (χ4n) is 0.602. The van der Waals surface area contributed by atoms with Crippen LogP contribution in [0, 0.1) is 0 Å². The van der Waals surface area contributed by atoms with Gasteiger partial charge in [-0.05, 0) is 0 Å². The number of allylic oxidation sites excluding steroid dienone is 1. The maximum atomic E-state index is 4.06. The van der Waals surface area contributed by atoms with Crippen molar-refractivity contribution in [3.05, 3.63) is 11.6 Å². The summed E-state index contributed by atoms with van der Waals surface area (Å²) in [7, 11) is 1.95. The molecule has 0 unspecified atom stereocenters. The van der Waals surface area contributed by atoms with Gasteiger partial charge < -0.3 is 0 Å². The molecule has 0 aromatic rings. The van der Waals surface area contributed by atoms with Gasteiger partial charge in [0.25, 0.3) is 0 Å². The van der Waals surface area contributed by atoms with Crippen molar-refractivity contribution in [1.29, 1.82) is 0 Å². The first-order valence-electron chi connectivity index (χ1n) is 2.53. The molecule has 0 saturated heterocycles. The molecular formula is C5H8BN. The Hall–Kier alpha value is -0.395. The van der Waals surface area contributed by atoms with Crippen LogP contribution in [0.25, 0.3) is 0 Å². The van der Waals surface area contributed by atoms with E-state index in [4.69, 9.17) is 0 Å². The number of rotatable bonds is 0.